The summed E-state index contributed by atoms with van der Waals surface area (Å²) in [7, 11) is 0. The van der Waals surface area contributed by atoms with E-state index in [1.165, 1.54) is 52.0 Å². The van der Waals surface area contributed by atoms with E-state index in [9.17, 15) is 95.8 Å². The van der Waals surface area contributed by atoms with Gasteiger partial charge in [-0.2, -0.15) is 0 Å². The molecule has 0 aromatic rings. The van der Waals surface area contributed by atoms with Gasteiger partial charge >= 0.3 is 17.9 Å². The van der Waals surface area contributed by atoms with Crippen molar-refractivity contribution in [3.8, 4) is 0 Å². The Kier molecular flexibility index (Phi) is 26.0. The SMILES string of the molecule is C=CC(C)(O)CCC=C(CO)C(=O)O[C@@H]1C(C)O[C@@H](O[C@](C)(C=C)CCC=C(CO)C(=O)OC2CC3C(O)CC4(C)C(=CC(O)C5C6(C)CCC(O[C@@H]7OC(CO[C@@H]8OC(C)[C@H](O)[C@H](O)[C@@H]8O[C@@H]8OC[C@@H](O)[C@H](O)[C@@H]8O)[C@@H](O)[C@H](O)[C@@H]7NC(C)=O)C(C)(C)C6CCC54C)C3(C(=O)O)CC2(C)C)[C@@H](O)[C@H]1O. The minimum atomic E-state index is -1.79. The number of hydrogen-bond acceptors (Lipinski definition) is 28. The van der Waals surface area contributed by atoms with Crippen LogP contribution in [0.3, 0.4) is 0 Å². The molecule has 0 aromatic heterocycles. The average molecular weight is 1500 g/mol. The topological polar surface area (TPSA) is 476 Å². The van der Waals surface area contributed by atoms with Crippen LogP contribution in [-0.2, 0) is 66.5 Å². The lowest BCUT2D eigenvalue weighted by molar-refractivity contribution is -0.361. The number of rotatable bonds is 25. The Labute approximate surface area is 612 Å². The van der Waals surface area contributed by atoms with Gasteiger partial charge in [-0.3, -0.25) is 9.59 Å². The van der Waals surface area contributed by atoms with Crippen molar-refractivity contribution in [3.05, 3.63) is 60.3 Å². The summed E-state index contributed by atoms with van der Waals surface area (Å²) in [5.41, 5.74) is -8.35. The third-order valence-electron chi connectivity index (χ3n) is 25.8. The van der Waals surface area contributed by atoms with Crippen molar-refractivity contribution in [2.24, 2.45) is 50.2 Å². The van der Waals surface area contributed by atoms with E-state index in [1.54, 1.807) is 26.8 Å². The van der Waals surface area contributed by atoms with E-state index < -0.39 is 247 Å². The van der Waals surface area contributed by atoms with Crippen LogP contribution in [0.1, 0.15) is 154 Å². The molecule has 15 unspecified atom stereocenters. The van der Waals surface area contributed by atoms with Crippen molar-refractivity contribution >= 4 is 23.8 Å². The number of fused-ring (bicyclic) bond motifs is 7. The molecular formula is C75H117NO29. The fourth-order valence-corrected chi connectivity index (χ4v) is 19.5. The number of amides is 1. The van der Waals surface area contributed by atoms with Gasteiger partial charge in [0, 0.05) is 24.2 Å². The Morgan fingerprint density at radius 1 is 0.676 bits per heavy atom. The first kappa shape index (κ1) is 84.7. The first-order valence-electron chi connectivity index (χ1n) is 36.8. The molecule has 0 radical (unpaired) electrons. The molecule has 596 valence electrons. The number of carbonyl (C=O) groups is 4. The molecule has 0 bridgehead atoms. The summed E-state index contributed by atoms with van der Waals surface area (Å²) in [6.07, 6.45) is -21.8. The molecule has 8 fully saturated rings. The van der Waals surface area contributed by atoms with Gasteiger partial charge in [0.15, 0.2) is 31.3 Å². The molecule has 4 saturated carbocycles. The fourth-order valence-electron chi connectivity index (χ4n) is 19.5. The van der Waals surface area contributed by atoms with Gasteiger partial charge < -0.3 is 129 Å². The predicted molar refractivity (Wildman–Crippen MR) is 368 cm³/mol. The van der Waals surface area contributed by atoms with Crippen molar-refractivity contribution in [1.29, 1.82) is 0 Å². The number of carboxylic acid groups (broad SMARTS) is 1. The number of esters is 2. The molecule has 16 N–H and O–H groups in total. The van der Waals surface area contributed by atoms with Gasteiger partial charge in [-0.1, -0.05) is 78.8 Å². The van der Waals surface area contributed by atoms with Crippen LogP contribution in [-0.4, -0.2) is 279 Å². The second-order valence-electron chi connectivity index (χ2n) is 33.6. The Morgan fingerprint density at radius 3 is 1.90 bits per heavy atom. The standard InChI is InChI=1S/C75H117NO29/c1-15-70(10,95)23-17-19-39(31-78)62(92)103-58-36(4)99-65(57(90)55(58)88)105-71(11,16-2)24-18-20-38(30-77)61(91)101-48-27-40-42(81)29-74(14)46(75(40,67(93)94)34-68(48,6)7)28-41(80)60-72(12)25-22-47(69(8,9)45(72)21-26-73(60,74)13)102-63-49(76-37(5)79)53(86)52(85)44(100-63)33-97-66-59(54(87)50(83)35(3)98-66)104-64-56(89)51(84)43(82)32-96-64/h15-16,19-20,28,35-36,40-45,47-60,63-66,77-78,80-90,95H,1-2,17-18,21-27,29-34H2,3-14H3,(H,76,79)(H,93,94)/t35?,36?,40?,41?,42?,43-,44?,45?,47?,48?,49+,50+,51+,52-,53-,54+,55-,56+,57+,58-,59+,60?,63+,64+,65+,66-,70?,71-,72?,73?,74?,75?/m1/s1. The van der Waals surface area contributed by atoms with E-state index in [1.807, 2.05) is 20.8 Å². The van der Waals surface area contributed by atoms with E-state index in [0.29, 0.717) is 31.3 Å². The highest BCUT2D eigenvalue weighted by molar-refractivity contribution is 5.89. The van der Waals surface area contributed by atoms with Crippen molar-refractivity contribution in [3.63, 3.8) is 0 Å². The van der Waals surface area contributed by atoms with Gasteiger partial charge in [-0.05, 0) is 131 Å². The highest BCUT2D eigenvalue weighted by Crippen LogP contribution is 2.77. The zero-order valence-electron chi connectivity index (χ0n) is 62.3. The fraction of sp³-hybridized carbons (Fsp3) is 0.813. The second-order valence-corrected chi connectivity index (χ2v) is 33.6. The Morgan fingerprint density at radius 2 is 1.29 bits per heavy atom. The molecule has 4 aliphatic heterocycles. The van der Waals surface area contributed by atoms with Gasteiger partial charge in [0.2, 0.25) is 5.91 Å². The summed E-state index contributed by atoms with van der Waals surface area (Å²) in [6.45, 7) is 26.3. The van der Waals surface area contributed by atoms with Crippen molar-refractivity contribution < 1.29 is 143 Å². The van der Waals surface area contributed by atoms with E-state index in [-0.39, 0.29) is 62.0 Å². The number of carbonyl (C=O) groups excluding carboxylic acids is 3. The van der Waals surface area contributed by atoms with Gasteiger partial charge in [-0.15, -0.1) is 13.2 Å². The Hall–Kier alpha value is -4.30. The molecule has 1 amide bonds. The molecule has 4 heterocycles. The van der Waals surface area contributed by atoms with Crippen LogP contribution in [0, 0.1) is 50.2 Å². The largest absolute Gasteiger partial charge is 0.481 e. The molecule has 9 rings (SSSR count). The number of aliphatic hydroxyl groups excluding tert-OH is 13. The molecule has 30 heteroatoms. The highest BCUT2D eigenvalue weighted by atomic mass is 16.8. The maximum Gasteiger partial charge on any atom is 0.336 e. The van der Waals surface area contributed by atoms with E-state index >= 15 is 0 Å². The third kappa shape index (κ3) is 16.2. The number of allylic oxidation sites excluding steroid dienone is 2. The molecule has 9 aliphatic rings. The van der Waals surface area contributed by atoms with Crippen LogP contribution in [0.15, 0.2) is 60.3 Å². The lowest BCUT2D eigenvalue weighted by Crippen LogP contribution is -2.71. The van der Waals surface area contributed by atoms with Crippen LogP contribution < -0.4 is 5.32 Å². The number of nitrogens with one attached hydrogen (secondary N) is 1. The third-order valence-corrected chi connectivity index (χ3v) is 25.8. The number of aliphatic hydroxyl groups is 14. The van der Waals surface area contributed by atoms with Gasteiger partial charge in [0.05, 0.1) is 84.7 Å². The smallest absolute Gasteiger partial charge is 0.336 e. The molecule has 5 aliphatic carbocycles. The highest BCUT2D eigenvalue weighted by Gasteiger charge is 2.75. The molecule has 30 nitrogen and oxygen atoms in total. The van der Waals surface area contributed by atoms with Crippen molar-refractivity contribution in [1.82, 2.24) is 5.32 Å². The molecular weight excluding hydrogens is 1380 g/mol. The summed E-state index contributed by atoms with van der Waals surface area (Å²) in [5.74, 6) is -5.31. The summed E-state index contributed by atoms with van der Waals surface area (Å²) >= 11 is 0. The molecule has 105 heavy (non-hydrogen) atoms. The van der Waals surface area contributed by atoms with Gasteiger partial charge in [0.1, 0.15) is 79.3 Å². The summed E-state index contributed by atoms with van der Waals surface area (Å²) in [6, 6.07) is -1.31. The van der Waals surface area contributed by atoms with Crippen LogP contribution >= 0.6 is 0 Å². The number of ether oxygens (including phenoxy) is 10. The minimum Gasteiger partial charge on any atom is -0.481 e. The molecule has 0 spiro atoms. The lowest BCUT2D eigenvalue weighted by atomic mass is 9.32. The van der Waals surface area contributed by atoms with E-state index in [0.717, 1.165) is 0 Å². The molecule has 32 atom stereocenters. The van der Waals surface area contributed by atoms with Crippen LogP contribution in [0.4, 0.5) is 0 Å². The van der Waals surface area contributed by atoms with Gasteiger partial charge in [0.25, 0.3) is 0 Å². The maximum atomic E-state index is 14.5. The average Bonchev–Trinajstić information content (AvgIpc) is 0.662. The first-order valence-corrected chi connectivity index (χ1v) is 36.8. The van der Waals surface area contributed by atoms with Crippen LogP contribution in [0.25, 0.3) is 0 Å². The van der Waals surface area contributed by atoms with E-state index in [4.69, 9.17) is 47.4 Å². The van der Waals surface area contributed by atoms with E-state index in [2.05, 4.69) is 32.3 Å². The number of carboxylic acids is 1. The zero-order valence-corrected chi connectivity index (χ0v) is 62.3. The maximum absolute atomic E-state index is 14.5. The first-order chi connectivity index (χ1) is 48.9. The predicted octanol–water partition coefficient (Wildman–Crippen LogP) is 0.655. The Bertz CT molecular complexity index is 3210. The van der Waals surface area contributed by atoms with Crippen LogP contribution in [0.2, 0.25) is 0 Å². The Balaban J connectivity index is 0.868. The minimum absolute atomic E-state index is 0.0712. The number of aliphatic carboxylic acids is 1. The monoisotopic (exact) mass is 1500 g/mol. The molecule has 4 saturated heterocycles. The van der Waals surface area contributed by atoms with Crippen molar-refractivity contribution in [2.45, 2.75) is 306 Å². The quantitative estimate of drug-likeness (QED) is 0.0258. The summed E-state index contributed by atoms with van der Waals surface area (Å²) < 4.78 is 60.4. The normalized spacial score (nSPS) is 45.1. The lowest BCUT2D eigenvalue weighted by Gasteiger charge is -2.72. The summed E-state index contributed by atoms with van der Waals surface area (Å²) in [4.78, 5) is 54.6. The summed E-state index contributed by atoms with van der Waals surface area (Å²) in [5, 5.41) is 170. The van der Waals surface area contributed by atoms with Crippen LogP contribution in [0.5, 0.6) is 0 Å². The zero-order chi connectivity index (χ0) is 78.0. The van der Waals surface area contributed by atoms with Crippen molar-refractivity contribution in [2.75, 3.05) is 26.4 Å². The number of hydrogen-bond donors (Lipinski definition) is 16. The van der Waals surface area contributed by atoms with Gasteiger partial charge in [-0.25, -0.2) is 9.59 Å². The second kappa shape index (κ2) is 32.2. The molecule has 0 aromatic carbocycles.